The van der Waals surface area contributed by atoms with Crippen molar-refractivity contribution in [3.8, 4) is 6.07 Å². The molecule has 0 amide bonds. The molecule has 0 aliphatic rings. The molecule has 0 aliphatic heterocycles. The first-order valence-electron chi connectivity index (χ1n) is 30.7. The number of nitrogens with zero attached hydrogens (tertiary/aromatic N) is 5. The van der Waals surface area contributed by atoms with Crippen LogP contribution in [0.2, 0.25) is 0 Å². The summed E-state index contributed by atoms with van der Waals surface area (Å²) >= 11 is 0. The van der Waals surface area contributed by atoms with Crippen LogP contribution in [0.1, 0.15) is 132 Å². The first-order valence-corrected chi connectivity index (χ1v) is 30.7. The zero-order valence-electron chi connectivity index (χ0n) is 65.8. The molecule has 0 rings (SSSR count). The Hall–Kier alpha value is -1.96. The van der Waals surface area contributed by atoms with Gasteiger partial charge in [0.1, 0.15) is 0 Å². The van der Waals surface area contributed by atoms with E-state index in [1.807, 2.05) is 0 Å². The van der Waals surface area contributed by atoms with E-state index in [9.17, 15) is 135 Å². The topological polar surface area (TPSA) is 815 Å². The maximum atomic E-state index is 10.1. The van der Waals surface area contributed by atoms with Crippen molar-refractivity contribution >= 4 is 53.7 Å². The molecule has 665 valence electrons. The molecular formula is C62H121Fe8N5O35+3. The van der Waals surface area contributed by atoms with Crippen LogP contribution in [0.5, 0.6) is 0 Å². The fourth-order valence-electron chi connectivity index (χ4n) is 2.93. The van der Waals surface area contributed by atoms with Gasteiger partial charge < -0.3 is 197 Å². The molecule has 0 unspecified atom stereocenters. The van der Waals surface area contributed by atoms with Gasteiger partial charge in [-0.25, -0.2) is 0 Å². The molecule has 48 heteroatoms. The predicted octanol–water partition coefficient (Wildman–Crippen LogP) is -19.6. The number of carbonyl (C=O) groups is 9. The number of nitriles is 1. The monoisotopic (exact) mass is 1940 g/mol. The Bertz CT molecular complexity index is 1420. The molecule has 7 N–H and O–H groups in total. The number of carboxylic acid groups (broad SMARTS) is 9. The second-order valence-corrected chi connectivity index (χ2v) is 21.4. The molecule has 0 saturated heterocycles. The SMILES string of the molecule is CC#N.CC(C)C(=O)[O-].CC(C)C(=O)[O-].CC(C)C(=O)[O-].CC(C)C(=O)[O-].CC(C)C(=O)[O-].CC(C)C(=O)[O-].CC(C)C(=O)[O-].CC(C)C(=O)[O-].CC(C)C(=O)[O-].O.O.[Fe+3].[Fe+3].[Fe+3].[Fe+3].[Fe+3].[Fe+4].[Fe+4].[Fe+4].[O-2].[O-2].[O-2].[O-]CCN(CC[O-])CCO.[O-]CCN(CC[O-])CCO.[O-]CCN(CC[O-])CCO.[O-]CCN(CC[O-])CC[O-]. The number of aliphatic hydroxyl groups is 3. The number of carbonyl (C=O) groups excluding carboxylic acids is 9. The van der Waals surface area contributed by atoms with Gasteiger partial charge in [0.15, 0.2) is 0 Å². The molecule has 0 fully saturated rings. The van der Waals surface area contributed by atoms with E-state index in [1.54, 1.807) is 150 Å². The van der Waals surface area contributed by atoms with E-state index >= 15 is 0 Å². The van der Waals surface area contributed by atoms with Crippen molar-refractivity contribution in [1.29, 1.82) is 5.26 Å². The Balaban J connectivity index is -0.0000000269. The zero-order chi connectivity index (χ0) is 80.4. The smallest absolute Gasteiger partial charge is 2.00 e. The first kappa shape index (κ1) is 188. The van der Waals surface area contributed by atoms with Crippen LogP contribution in [0, 0.1) is 64.6 Å². The van der Waals surface area contributed by atoms with Crippen LogP contribution < -0.4 is 91.9 Å². The fourth-order valence-corrected chi connectivity index (χ4v) is 2.93. The van der Waals surface area contributed by atoms with Gasteiger partial charge in [-0.05, 0) is 112 Å². The summed E-state index contributed by atoms with van der Waals surface area (Å²) in [5.74, 6) is -12.0. The second kappa shape index (κ2) is 152. The Morgan fingerprint density at radius 3 is 0.345 bits per heavy atom. The minimum atomic E-state index is -0.991. The van der Waals surface area contributed by atoms with Gasteiger partial charge in [0, 0.05) is 80.3 Å². The predicted molar refractivity (Wildman–Crippen MR) is 330 cm³/mol. The molecule has 0 aromatic rings. The van der Waals surface area contributed by atoms with E-state index in [0.29, 0.717) is 78.5 Å². The summed E-state index contributed by atoms with van der Waals surface area (Å²) < 4.78 is 0. The molecule has 0 aliphatic carbocycles. The maximum Gasteiger partial charge on any atom is 4.00 e. The van der Waals surface area contributed by atoms with Gasteiger partial charge in [-0.2, -0.15) is 5.26 Å². The molecule has 0 heterocycles. The average Bonchev–Trinajstić information content (AvgIpc) is 1.04. The third-order valence-electron chi connectivity index (χ3n) is 9.16. The van der Waals surface area contributed by atoms with Gasteiger partial charge in [0.05, 0.1) is 25.9 Å². The Labute approximate surface area is 736 Å². The van der Waals surface area contributed by atoms with Crippen molar-refractivity contribution in [3.63, 3.8) is 0 Å². The second-order valence-electron chi connectivity index (χ2n) is 21.4. The number of rotatable bonds is 33. The number of carboxylic acids is 9. The Morgan fingerprint density at radius 2 is 0.309 bits per heavy atom. The molecule has 0 aromatic heterocycles. The van der Waals surface area contributed by atoms with Crippen LogP contribution in [-0.4, -0.2) is 257 Å². The third-order valence-corrected chi connectivity index (χ3v) is 9.16. The van der Waals surface area contributed by atoms with Crippen molar-refractivity contribution in [1.82, 2.24) is 19.6 Å². The normalized spacial score (nSPS) is 8.50. The molecule has 0 spiro atoms. The zero-order valence-corrected chi connectivity index (χ0v) is 74.7. The van der Waals surface area contributed by atoms with Crippen molar-refractivity contribution in [2.24, 2.45) is 53.3 Å². The van der Waals surface area contributed by atoms with Gasteiger partial charge in [0.25, 0.3) is 0 Å². The van der Waals surface area contributed by atoms with Crippen LogP contribution in [0.3, 0.4) is 0 Å². The van der Waals surface area contributed by atoms with E-state index < -0.39 is 53.7 Å². The minimum absolute atomic E-state index is 0. The van der Waals surface area contributed by atoms with Crippen molar-refractivity contribution < 1.29 is 314 Å². The maximum absolute atomic E-state index is 10.1. The van der Waals surface area contributed by atoms with Crippen molar-refractivity contribution in [2.45, 2.75) is 132 Å². The van der Waals surface area contributed by atoms with Crippen LogP contribution in [0.15, 0.2) is 0 Å². The summed E-state index contributed by atoms with van der Waals surface area (Å²) in [6, 6.07) is 1.75. The summed E-state index contributed by atoms with van der Waals surface area (Å²) in [6.45, 7) is 32.4. The van der Waals surface area contributed by atoms with Gasteiger partial charge in [0.2, 0.25) is 0 Å². The molecule has 5 radical (unpaired) electrons. The Kier molecular flexibility index (Phi) is 260. The van der Waals surface area contributed by atoms with Gasteiger partial charge in [-0.3, -0.25) is 0 Å². The minimum Gasteiger partial charge on any atom is -2.00 e. The number of hydrogen-bond donors (Lipinski definition) is 3. The van der Waals surface area contributed by atoms with Crippen LogP contribution >= 0.6 is 0 Å². The van der Waals surface area contributed by atoms with Gasteiger partial charge in [-0.15, -0.1) is 59.5 Å². The fraction of sp³-hybridized carbons (Fsp3) is 0.839. The standard InChI is InChI=1S/3C6H13NO3.C6H12NO3.9C4H8O2.C2H3N.8Fe.2H2O.3O/c4*8-4-1-7(2-5-9)3-6-10;9*1-3(2)4(5)6;1-2-3;;;;;;;;;;;;;/h3*8H,1-6H2;1-6H2;9*3H,1-2H3,(H,5,6);1H3;;;;;;;;;2*1H2;;;/q3*-2;-3;;;;;;;;;;;5*+3;3*+4;;;3*-2/p-9. The van der Waals surface area contributed by atoms with Crippen molar-refractivity contribution in [2.75, 3.05) is 158 Å². The summed E-state index contributed by atoms with van der Waals surface area (Å²) in [4.78, 5) is 92.9. The molecule has 110 heavy (non-hydrogen) atoms. The molecule has 40 nitrogen and oxygen atoms in total. The first-order chi connectivity index (χ1) is 44.6. The van der Waals surface area contributed by atoms with Gasteiger partial charge >= 0.3 is 137 Å². The molecule has 0 bridgehead atoms. The summed E-state index contributed by atoms with van der Waals surface area (Å²) in [5, 5.41) is 209. The van der Waals surface area contributed by atoms with Gasteiger partial charge in [-0.1, -0.05) is 125 Å². The van der Waals surface area contributed by atoms with Crippen LogP contribution in [0.4, 0.5) is 0 Å². The third kappa shape index (κ3) is 238. The largest absolute Gasteiger partial charge is 4.00 e. The molecule has 0 atom stereocenters. The van der Waals surface area contributed by atoms with Crippen LogP contribution in [-0.2, 0) is 196 Å². The van der Waals surface area contributed by atoms with Crippen molar-refractivity contribution in [3.05, 3.63) is 0 Å². The summed E-state index contributed by atoms with van der Waals surface area (Å²) in [7, 11) is 0. The van der Waals surface area contributed by atoms with E-state index in [-0.39, 0.29) is 296 Å². The molecule has 0 aromatic carbocycles. The number of aliphatic hydroxyl groups excluding tert-OH is 3. The molecule has 0 saturated carbocycles. The van der Waals surface area contributed by atoms with E-state index in [2.05, 4.69) is 0 Å². The average molecular weight is 1940 g/mol. The van der Waals surface area contributed by atoms with Crippen LogP contribution in [0.25, 0.3) is 0 Å². The Morgan fingerprint density at radius 1 is 0.255 bits per heavy atom. The van der Waals surface area contributed by atoms with E-state index in [0.717, 1.165) is 0 Å². The number of hydrogen-bond acceptors (Lipinski definition) is 35. The summed E-state index contributed by atoms with van der Waals surface area (Å²) in [6.07, 6.45) is 0. The quantitative estimate of drug-likeness (QED) is 0.0514. The van der Waals surface area contributed by atoms with E-state index in [4.69, 9.17) is 20.6 Å². The van der Waals surface area contributed by atoms with E-state index in [1.165, 1.54) is 6.92 Å². The number of aliphatic carboxylic acids is 9. The summed E-state index contributed by atoms with van der Waals surface area (Å²) in [5.41, 5.74) is 0. The molecular weight excluding hydrogens is 1820 g/mol.